The number of aromatic amines is 2. The van der Waals surface area contributed by atoms with Crippen molar-refractivity contribution < 1.29 is 13.9 Å². The van der Waals surface area contributed by atoms with Gasteiger partial charge in [0.05, 0.1) is 35.7 Å². The lowest BCUT2D eigenvalue weighted by Crippen LogP contribution is -2.21. The number of benzene rings is 2. The molecule has 0 saturated carbocycles. The minimum Gasteiger partial charge on any atom is -0.494 e. The van der Waals surface area contributed by atoms with Gasteiger partial charge in [-0.3, -0.25) is 10.2 Å². The van der Waals surface area contributed by atoms with E-state index in [1.165, 1.54) is 12.1 Å². The molecular formula is C24H19FN6O2. The number of nitrogens with two attached hydrogens (primary N) is 1. The quantitative estimate of drug-likeness (QED) is 0.425. The molecule has 9 heteroatoms. The van der Waals surface area contributed by atoms with Gasteiger partial charge in [0.25, 0.3) is 0 Å². The predicted molar refractivity (Wildman–Crippen MR) is 118 cm³/mol. The Bertz CT molecular complexity index is 1380. The van der Waals surface area contributed by atoms with Gasteiger partial charge in [-0.05, 0) is 55.5 Å². The van der Waals surface area contributed by atoms with Crippen molar-refractivity contribution in [3.63, 3.8) is 0 Å². The van der Waals surface area contributed by atoms with E-state index in [1.807, 2.05) is 31.2 Å². The Labute approximate surface area is 188 Å². The van der Waals surface area contributed by atoms with E-state index in [1.54, 1.807) is 18.3 Å². The molecule has 0 saturated heterocycles. The van der Waals surface area contributed by atoms with Crippen LogP contribution < -0.4 is 15.2 Å². The fourth-order valence-electron chi connectivity index (χ4n) is 4.02. The molecule has 4 aromatic rings. The Hall–Kier alpha value is -4.58. The highest BCUT2D eigenvalue weighted by molar-refractivity contribution is 5.74. The number of fused-ring (bicyclic) bond motifs is 1. The summed E-state index contributed by atoms with van der Waals surface area (Å²) in [6.45, 7) is 2.49. The van der Waals surface area contributed by atoms with Crippen molar-refractivity contribution >= 4 is 0 Å². The van der Waals surface area contributed by atoms with Crippen LogP contribution in [0.25, 0.3) is 22.5 Å². The highest BCUT2D eigenvalue weighted by atomic mass is 19.1. The maximum absolute atomic E-state index is 13.5. The third-order valence-electron chi connectivity index (χ3n) is 5.51. The zero-order valence-electron chi connectivity index (χ0n) is 17.6. The molecular weight excluding hydrogens is 423 g/mol. The molecule has 1 aliphatic heterocycles. The lowest BCUT2D eigenvalue weighted by atomic mass is 9.82. The van der Waals surface area contributed by atoms with Crippen molar-refractivity contribution in [2.75, 3.05) is 6.61 Å². The van der Waals surface area contributed by atoms with Crippen molar-refractivity contribution in [1.82, 2.24) is 20.4 Å². The fourth-order valence-corrected chi connectivity index (χ4v) is 4.02. The van der Waals surface area contributed by atoms with Crippen LogP contribution in [0.3, 0.4) is 0 Å². The smallest absolute Gasteiger partial charge is 0.244 e. The molecule has 3 heterocycles. The second kappa shape index (κ2) is 8.16. The molecule has 0 fully saturated rings. The Morgan fingerprint density at radius 3 is 2.48 bits per heavy atom. The number of allylic oxidation sites excluding steroid dienone is 1. The SMILES string of the molecule is CCOc1ccc(-c2[nH]nc3c2[C@H](c2cn[nH]c2-c2ccc(F)cc2)C(C#N)=C(N)O3)cc1. The van der Waals surface area contributed by atoms with Gasteiger partial charge in [0.2, 0.25) is 11.8 Å². The van der Waals surface area contributed by atoms with Crippen LogP contribution in [-0.4, -0.2) is 27.0 Å². The van der Waals surface area contributed by atoms with Gasteiger partial charge < -0.3 is 15.2 Å². The standard InChI is InChI=1S/C24H19FN6O2/c1-2-32-16-9-5-14(6-10-16)22-20-19(17(11-26)23(27)33-24(20)31-30-22)18-12-28-29-21(18)13-3-7-15(25)8-4-13/h3-10,12,19H,2,27H2,1H3,(H,28,29)(H,30,31)/t19-/m0/s1. The van der Waals surface area contributed by atoms with E-state index in [2.05, 4.69) is 26.5 Å². The number of aromatic nitrogens is 4. The van der Waals surface area contributed by atoms with Crippen LogP contribution in [0, 0.1) is 17.1 Å². The summed E-state index contributed by atoms with van der Waals surface area (Å²) in [5.41, 5.74) is 10.6. The van der Waals surface area contributed by atoms with E-state index >= 15 is 0 Å². The molecule has 4 N–H and O–H groups in total. The van der Waals surface area contributed by atoms with Crippen molar-refractivity contribution in [2.45, 2.75) is 12.8 Å². The number of hydrogen-bond donors (Lipinski definition) is 3. The fraction of sp³-hybridized carbons (Fsp3) is 0.125. The second-order valence-corrected chi connectivity index (χ2v) is 7.41. The lowest BCUT2D eigenvalue weighted by molar-refractivity contribution is 0.340. The highest BCUT2D eigenvalue weighted by Crippen LogP contribution is 2.47. The molecule has 33 heavy (non-hydrogen) atoms. The first-order chi connectivity index (χ1) is 16.1. The average Bonchev–Trinajstić information content (AvgIpc) is 3.47. The Balaban J connectivity index is 1.67. The molecule has 0 aliphatic carbocycles. The van der Waals surface area contributed by atoms with Gasteiger partial charge in [0, 0.05) is 16.7 Å². The molecule has 0 amide bonds. The molecule has 0 bridgehead atoms. The summed E-state index contributed by atoms with van der Waals surface area (Å²) in [4.78, 5) is 0. The Kier molecular flexibility index (Phi) is 5.03. The number of H-pyrrole nitrogens is 2. The molecule has 164 valence electrons. The number of hydrogen-bond acceptors (Lipinski definition) is 6. The third kappa shape index (κ3) is 3.47. The maximum atomic E-state index is 13.5. The average molecular weight is 442 g/mol. The van der Waals surface area contributed by atoms with E-state index in [4.69, 9.17) is 15.2 Å². The number of rotatable bonds is 5. The largest absolute Gasteiger partial charge is 0.494 e. The van der Waals surface area contributed by atoms with E-state index in [-0.39, 0.29) is 23.2 Å². The van der Waals surface area contributed by atoms with Crippen molar-refractivity contribution in [2.24, 2.45) is 5.73 Å². The van der Waals surface area contributed by atoms with E-state index < -0.39 is 5.92 Å². The number of halogens is 1. The van der Waals surface area contributed by atoms with Crippen molar-refractivity contribution in [3.05, 3.63) is 83.1 Å². The Morgan fingerprint density at radius 1 is 1.09 bits per heavy atom. The third-order valence-corrected chi connectivity index (χ3v) is 5.51. The first-order valence-electron chi connectivity index (χ1n) is 10.3. The zero-order valence-corrected chi connectivity index (χ0v) is 17.6. The van der Waals surface area contributed by atoms with Gasteiger partial charge in [-0.25, -0.2) is 4.39 Å². The van der Waals surface area contributed by atoms with Crippen LogP contribution in [0.15, 0.2) is 66.2 Å². The summed E-state index contributed by atoms with van der Waals surface area (Å²) < 4.78 is 24.7. The molecule has 8 nitrogen and oxygen atoms in total. The highest BCUT2D eigenvalue weighted by Gasteiger charge is 2.37. The summed E-state index contributed by atoms with van der Waals surface area (Å²) >= 11 is 0. The predicted octanol–water partition coefficient (Wildman–Crippen LogP) is 4.22. The van der Waals surface area contributed by atoms with Crippen LogP contribution in [0.2, 0.25) is 0 Å². The van der Waals surface area contributed by atoms with Gasteiger partial charge in [-0.1, -0.05) is 0 Å². The first-order valence-corrected chi connectivity index (χ1v) is 10.3. The summed E-state index contributed by atoms with van der Waals surface area (Å²) in [5, 5.41) is 24.4. The molecule has 1 atom stereocenters. The van der Waals surface area contributed by atoms with Crippen LogP contribution >= 0.6 is 0 Å². The lowest BCUT2D eigenvalue weighted by Gasteiger charge is -2.24. The molecule has 0 radical (unpaired) electrons. The summed E-state index contributed by atoms with van der Waals surface area (Å²) in [6, 6.07) is 15.7. The molecule has 0 spiro atoms. The molecule has 0 unspecified atom stereocenters. The monoisotopic (exact) mass is 442 g/mol. The minimum absolute atomic E-state index is 0.0222. The summed E-state index contributed by atoms with van der Waals surface area (Å²) in [6.07, 6.45) is 1.64. The van der Waals surface area contributed by atoms with Crippen LogP contribution in [0.5, 0.6) is 11.6 Å². The van der Waals surface area contributed by atoms with Crippen molar-refractivity contribution in [3.8, 4) is 40.2 Å². The van der Waals surface area contributed by atoms with Crippen LogP contribution in [0.1, 0.15) is 24.0 Å². The topological polar surface area (TPSA) is 126 Å². The van der Waals surface area contributed by atoms with Gasteiger partial charge in [0.1, 0.15) is 23.2 Å². The van der Waals surface area contributed by atoms with Crippen LogP contribution in [-0.2, 0) is 0 Å². The van der Waals surface area contributed by atoms with E-state index in [0.717, 1.165) is 16.9 Å². The number of nitrogens with zero attached hydrogens (tertiary/aromatic N) is 3. The minimum atomic E-state index is -0.599. The van der Waals surface area contributed by atoms with Gasteiger partial charge in [-0.2, -0.15) is 10.4 Å². The summed E-state index contributed by atoms with van der Waals surface area (Å²) in [7, 11) is 0. The summed E-state index contributed by atoms with van der Waals surface area (Å²) in [5.74, 6) is 0.0656. The zero-order chi connectivity index (χ0) is 22.9. The second-order valence-electron chi connectivity index (χ2n) is 7.41. The van der Waals surface area contributed by atoms with E-state index in [9.17, 15) is 9.65 Å². The van der Waals surface area contributed by atoms with Gasteiger partial charge >= 0.3 is 0 Å². The van der Waals surface area contributed by atoms with Crippen molar-refractivity contribution in [1.29, 1.82) is 5.26 Å². The number of ether oxygens (including phenoxy) is 2. The molecule has 1 aliphatic rings. The normalized spacial score (nSPS) is 15.0. The number of nitriles is 1. The molecule has 5 rings (SSSR count). The van der Waals surface area contributed by atoms with Gasteiger partial charge in [-0.15, -0.1) is 5.10 Å². The van der Waals surface area contributed by atoms with E-state index in [0.29, 0.717) is 29.1 Å². The maximum Gasteiger partial charge on any atom is 0.244 e. The molecule has 2 aromatic heterocycles. The van der Waals surface area contributed by atoms with Crippen LogP contribution in [0.4, 0.5) is 4.39 Å². The molecule has 2 aromatic carbocycles. The van der Waals surface area contributed by atoms with Gasteiger partial charge in [0.15, 0.2) is 0 Å². The Morgan fingerprint density at radius 2 is 1.79 bits per heavy atom. The number of nitrogens with one attached hydrogen (secondary N) is 2. The first kappa shape index (κ1) is 20.3.